The molecule has 0 spiro atoms. The van der Waals surface area contributed by atoms with Crippen molar-refractivity contribution < 1.29 is 23.1 Å². The van der Waals surface area contributed by atoms with Gasteiger partial charge in [0, 0.05) is 18.7 Å². The molecule has 0 saturated carbocycles. The molecule has 0 bridgehead atoms. The molecule has 1 heterocycles. The summed E-state index contributed by atoms with van der Waals surface area (Å²) in [6.45, 7) is 2.52. The number of anilines is 1. The first-order chi connectivity index (χ1) is 10.7. The molecule has 2 rings (SSSR count). The van der Waals surface area contributed by atoms with Crippen molar-refractivity contribution in [1.29, 1.82) is 0 Å². The Balaban J connectivity index is 2.14. The lowest BCUT2D eigenvalue weighted by molar-refractivity contribution is -0.143. The topological polar surface area (TPSA) is 104 Å². The van der Waals surface area contributed by atoms with Gasteiger partial charge in [-0.2, -0.15) is 0 Å². The summed E-state index contributed by atoms with van der Waals surface area (Å²) in [5.41, 5.74) is 1.48. The van der Waals surface area contributed by atoms with Crippen LogP contribution in [0.3, 0.4) is 0 Å². The number of hydrogen-bond donors (Lipinski definition) is 2. The van der Waals surface area contributed by atoms with E-state index in [0.29, 0.717) is 37.2 Å². The number of rotatable bonds is 4. The Morgan fingerprint density at radius 1 is 1.26 bits per heavy atom. The van der Waals surface area contributed by atoms with Gasteiger partial charge in [-0.1, -0.05) is 6.07 Å². The highest BCUT2D eigenvalue weighted by Crippen LogP contribution is 2.22. The summed E-state index contributed by atoms with van der Waals surface area (Å²) in [7, 11) is -3.42. The van der Waals surface area contributed by atoms with Crippen LogP contribution in [0, 0.1) is 12.8 Å². The average Bonchev–Trinajstić information content (AvgIpc) is 2.47. The van der Waals surface area contributed by atoms with Crippen LogP contribution in [0.2, 0.25) is 0 Å². The number of aryl methyl sites for hydroxylation is 1. The van der Waals surface area contributed by atoms with Gasteiger partial charge in [-0.3, -0.25) is 14.3 Å². The number of amides is 1. The fraction of sp³-hybridized carbons (Fsp3) is 0.467. The first-order valence-corrected chi connectivity index (χ1v) is 9.17. The van der Waals surface area contributed by atoms with Crippen molar-refractivity contribution in [1.82, 2.24) is 4.90 Å². The molecule has 1 aliphatic rings. The highest BCUT2D eigenvalue weighted by Gasteiger charge is 2.27. The van der Waals surface area contributed by atoms with E-state index < -0.39 is 21.9 Å². The Kier molecular flexibility index (Phi) is 4.93. The van der Waals surface area contributed by atoms with E-state index in [1.54, 1.807) is 24.0 Å². The molecule has 8 heteroatoms. The van der Waals surface area contributed by atoms with Crippen molar-refractivity contribution >= 4 is 27.6 Å². The lowest BCUT2D eigenvalue weighted by Crippen LogP contribution is -2.40. The third-order valence-corrected chi connectivity index (χ3v) is 4.50. The number of aliphatic carboxylic acids is 1. The number of nitrogens with zero attached hydrogens (tertiary/aromatic N) is 1. The number of hydrogen-bond acceptors (Lipinski definition) is 4. The molecule has 1 aromatic rings. The van der Waals surface area contributed by atoms with Crippen LogP contribution in [0.4, 0.5) is 5.69 Å². The molecule has 1 fully saturated rings. The van der Waals surface area contributed by atoms with E-state index in [-0.39, 0.29) is 5.91 Å². The molecular weight excluding hydrogens is 320 g/mol. The van der Waals surface area contributed by atoms with Crippen LogP contribution >= 0.6 is 0 Å². The van der Waals surface area contributed by atoms with Gasteiger partial charge in [0.1, 0.15) is 0 Å². The molecule has 1 amide bonds. The Bertz CT molecular complexity index is 721. The zero-order valence-corrected chi connectivity index (χ0v) is 13.9. The van der Waals surface area contributed by atoms with Crippen LogP contribution in [0.1, 0.15) is 28.8 Å². The predicted molar refractivity (Wildman–Crippen MR) is 85.9 cm³/mol. The molecule has 0 aromatic heterocycles. The van der Waals surface area contributed by atoms with Crippen LogP contribution in [-0.2, 0) is 14.8 Å². The monoisotopic (exact) mass is 340 g/mol. The molecular formula is C15H20N2O5S. The number of likely N-dealkylation sites (tertiary alicyclic amines) is 1. The average molecular weight is 340 g/mol. The van der Waals surface area contributed by atoms with Crippen molar-refractivity contribution in [2.45, 2.75) is 19.8 Å². The summed E-state index contributed by atoms with van der Waals surface area (Å²) in [5.74, 6) is -1.45. The number of piperidine rings is 1. The Hall–Kier alpha value is -2.09. The van der Waals surface area contributed by atoms with Gasteiger partial charge < -0.3 is 10.0 Å². The molecule has 23 heavy (non-hydrogen) atoms. The van der Waals surface area contributed by atoms with Gasteiger partial charge in [-0.25, -0.2) is 8.42 Å². The lowest BCUT2D eigenvalue weighted by Gasteiger charge is -2.30. The highest BCUT2D eigenvalue weighted by molar-refractivity contribution is 7.92. The summed E-state index contributed by atoms with van der Waals surface area (Å²) in [6.07, 6.45) is 1.92. The normalized spacial score (nSPS) is 16.2. The van der Waals surface area contributed by atoms with E-state index in [1.165, 1.54) is 6.07 Å². The van der Waals surface area contributed by atoms with Gasteiger partial charge in [0.2, 0.25) is 10.0 Å². The van der Waals surface area contributed by atoms with Crippen molar-refractivity contribution in [3.05, 3.63) is 29.3 Å². The van der Waals surface area contributed by atoms with E-state index in [1.807, 2.05) is 0 Å². The molecule has 1 aromatic carbocycles. The zero-order chi connectivity index (χ0) is 17.2. The van der Waals surface area contributed by atoms with Crippen LogP contribution < -0.4 is 4.72 Å². The number of carbonyl (C=O) groups excluding carboxylic acids is 1. The fourth-order valence-electron chi connectivity index (χ4n) is 2.58. The van der Waals surface area contributed by atoms with Crippen LogP contribution in [0.5, 0.6) is 0 Å². The minimum atomic E-state index is -3.42. The molecule has 0 atom stereocenters. The third-order valence-electron chi connectivity index (χ3n) is 3.91. The maximum Gasteiger partial charge on any atom is 0.306 e. The summed E-state index contributed by atoms with van der Waals surface area (Å²) in [5, 5.41) is 8.99. The Morgan fingerprint density at radius 2 is 1.87 bits per heavy atom. The van der Waals surface area contributed by atoms with E-state index in [4.69, 9.17) is 5.11 Å². The molecule has 0 aliphatic carbocycles. The first kappa shape index (κ1) is 17.3. The van der Waals surface area contributed by atoms with Gasteiger partial charge >= 0.3 is 5.97 Å². The minimum absolute atomic E-state index is 0.217. The third kappa shape index (κ3) is 4.44. The largest absolute Gasteiger partial charge is 0.481 e. The van der Waals surface area contributed by atoms with Gasteiger partial charge in [0.05, 0.1) is 17.9 Å². The van der Waals surface area contributed by atoms with Crippen molar-refractivity contribution in [3.8, 4) is 0 Å². The van der Waals surface area contributed by atoms with E-state index >= 15 is 0 Å². The maximum atomic E-state index is 12.5. The molecule has 7 nitrogen and oxygen atoms in total. The van der Waals surface area contributed by atoms with Crippen molar-refractivity contribution in [2.24, 2.45) is 5.92 Å². The second kappa shape index (κ2) is 6.57. The number of nitrogens with one attached hydrogen (secondary N) is 1. The molecule has 2 N–H and O–H groups in total. The number of carbonyl (C=O) groups is 2. The lowest BCUT2D eigenvalue weighted by atomic mass is 9.96. The van der Waals surface area contributed by atoms with E-state index in [0.717, 1.165) is 11.8 Å². The van der Waals surface area contributed by atoms with Gasteiger partial charge in [0.15, 0.2) is 0 Å². The van der Waals surface area contributed by atoms with E-state index in [9.17, 15) is 18.0 Å². The summed E-state index contributed by atoms with van der Waals surface area (Å²) >= 11 is 0. The van der Waals surface area contributed by atoms with Gasteiger partial charge in [-0.15, -0.1) is 0 Å². The van der Waals surface area contributed by atoms with Gasteiger partial charge in [0.25, 0.3) is 5.91 Å². The van der Waals surface area contributed by atoms with Crippen LogP contribution in [0.25, 0.3) is 0 Å². The second-order valence-electron chi connectivity index (χ2n) is 5.81. The SMILES string of the molecule is Cc1ccc(C(=O)N2CCC(C(=O)O)CC2)cc1NS(C)(=O)=O. The number of benzene rings is 1. The molecule has 1 saturated heterocycles. The van der Waals surface area contributed by atoms with Crippen molar-refractivity contribution in [2.75, 3.05) is 24.1 Å². The maximum absolute atomic E-state index is 12.5. The minimum Gasteiger partial charge on any atom is -0.481 e. The highest BCUT2D eigenvalue weighted by atomic mass is 32.2. The first-order valence-electron chi connectivity index (χ1n) is 7.28. The van der Waals surface area contributed by atoms with Gasteiger partial charge in [-0.05, 0) is 37.5 Å². The molecule has 0 unspecified atom stereocenters. The summed E-state index contributed by atoms with van der Waals surface area (Å²) in [4.78, 5) is 25.1. The smallest absolute Gasteiger partial charge is 0.306 e. The number of carboxylic acids is 1. The van der Waals surface area contributed by atoms with Crippen LogP contribution in [-0.4, -0.2) is 49.6 Å². The van der Waals surface area contributed by atoms with Crippen LogP contribution in [0.15, 0.2) is 18.2 Å². The standard InChI is InChI=1S/C15H20N2O5S/c1-10-3-4-12(9-13(10)16-23(2,21)22)14(18)17-7-5-11(6-8-17)15(19)20/h3-4,9,11,16H,5-8H2,1-2H3,(H,19,20). The number of sulfonamides is 1. The molecule has 126 valence electrons. The summed E-state index contributed by atoms with van der Waals surface area (Å²) < 4.78 is 25.1. The predicted octanol–water partition coefficient (Wildman–Crippen LogP) is 1.30. The second-order valence-corrected chi connectivity index (χ2v) is 7.56. The quantitative estimate of drug-likeness (QED) is 0.860. The number of carboxylic acid groups (broad SMARTS) is 1. The Labute approximate surface area is 135 Å². The molecule has 0 radical (unpaired) electrons. The Morgan fingerprint density at radius 3 is 2.39 bits per heavy atom. The van der Waals surface area contributed by atoms with Crippen molar-refractivity contribution in [3.63, 3.8) is 0 Å². The summed E-state index contributed by atoms with van der Waals surface area (Å²) in [6, 6.07) is 4.85. The fourth-order valence-corrected chi connectivity index (χ4v) is 3.20. The van der Waals surface area contributed by atoms with E-state index in [2.05, 4.69) is 4.72 Å². The molecule has 1 aliphatic heterocycles. The zero-order valence-electron chi connectivity index (χ0n) is 13.1.